The summed E-state index contributed by atoms with van der Waals surface area (Å²) in [6.07, 6.45) is 0.573. The fourth-order valence-electron chi connectivity index (χ4n) is 3.28. The Morgan fingerprint density at radius 2 is 2.00 bits per heavy atom. The quantitative estimate of drug-likeness (QED) is 0.944. The van der Waals surface area contributed by atoms with E-state index in [4.69, 9.17) is 4.74 Å². The third kappa shape index (κ3) is 2.48. The molecule has 0 radical (unpaired) electrons. The lowest BCUT2D eigenvalue weighted by Crippen LogP contribution is -2.32. The van der Waals surface area contributed by atoms with Crippen LogP contribution in [0, 0.1) is 11.8 Å². The number of benzene rings is 1. The van der Waals surface area contributed by atoms with E-state index in [1.54, 1.807) is 11.3 Å². The number of nitrogens with zero attached hydrogens (tertiary/aromatic N) is 1. The molecule has 1 aromatic heterocycles. The second kappa shape index (κ2) is 5.43. The van der Waals surface area contributed by atoms with Crippen molar-refractivity contribution in [3.8, 4) is 0 Å². The van der Waals surface area contributed by atoms with E-state index in [0.717, 1.165) is 10.5 Å². The molecule has 1 saturated heterocycles. The first-order valence-corrected chi connectivity index (χ1v) is 8.06. The summed E-state index contributed by atoms with van der Waals surface area (Å²) in [5, 5.41) is 11.6. The average molecular weight is 291 g/mol. The number of thiazole rings is 1. The first kappa shape index (κ1) is 14.0. The van der Waals surface area contributed by atoms with Gasteiger partial charge in [-0.25, -0.2) is 4.98 Å². The molecule has 108 valence electrons. The smallest absolute Gasteiger partial charge is 0.0964 e. The highest BCUT2D eigenvalue weighted by atomic mass is 32.1. The molecule has 5 unspecified atom stereocenters. The molecule has 2 aromatic rings. The van der Waals surface area contributed by atoms with Crippen LogP contribution in [0.4, 0.5) is 0 Å². The van der Waals surface area contributed by atoms with E-state index in [9.17, 15) is 5.11 Å². The van der Waals surface area contributed by atoms with Crippen LogP contribution in [0.3, 0.4) is 0 Å². The van der Waals surface area contributed by atoms with Crippen LogP contribution >= 0.6 is 11.3 Å². The van der Waals surface area contributed by atoms with Crippen molar-refractivity contribution < 1.29 is 9.84 Å². The molecule has 3 nitrogen and oxygen atoms in total. The van der Waals surface area contributed by atoms with Crippen LogP contribution in [0.15, 0.2) is 24.3 Å². The zero-order chi connectivity index (χ0) is 14.3. The van der Waals surface area contributed by atoms with Crippen molar-refractivity contribution in [2.75, 3.05) is 0 Å². The van der Waals surface area contributed by atoms with Gasteiger partial charge < -0.3 is 9.84 Å². The van der Waals surface area contributed by atoms with Crippen LogP contribution in [0.2, 0.25) is 0 Å². The third-order valence-electron chi connectivity index (χ3n) is 4.49. The lowest BCUT2D eigenvalue weighted by molar-refractivity contribution is 0.0240. The zero-order valence-corrected chi connectivity index (χ0v) is 12.9. The maximum Gasteiger partial charge on any atom is 0.0964 e. The van der Waals surface area contributed by atoms with Gasteiger partial charge in [-0.05, 0) is 31.9 Å². The van der Waals surface area contributed by atoms with Crippen molar-refractivity contribution in [3.05, 3.63) is 29.3 Å². The summed E-state index contributed by atoms with van der Waals surface area (Å²) in [6.45, 7) is 6.32. The number of aromatic nitrogens is 1. The van der Waals surface area contributed by atoms with E-state index in [1.807, 2.05) is 18.2 Å². The minimum atomic E-state index is -0.384. The fourth-order valence-corrected chi connectivity index (χ4v) is 4.30. The van der Waals surface area contributed by atoms with Gasteiger partial charge in [0, 0.05) is 12.3 Å². The molecule has 1 aromatic carbocycles. The van der Waals surface area contributed by atoms with Crippen molar-refractivity contribution in [2.45, 2.75) is 45.5 Å². The van der Waals surface area contributed by atoms with E-state index in [2.05, 4.69) is 31.8 Å². The normalized spacial score (nSPS) is 31.8. The minimum Gasteiger partial charge on any atom is -0.392 e. The number of ether oxygens (including phenoxy) is 1. The van der Waals surface area contributed by atoms with Crippen LogP contribution in [0.25, 0.3) is 10.2 Å². The largest absolute Gasteiger partial charge is 0.392 e. The van der Waals surface area contributed by atoms with Crippen LogP contribution in [-0.4, -0.2) is 28.4 Å². The van der Waals surface area contributed by atoms with Gasteiger partial charge in [0.1, 0.15) is 0 Å². The Morgan fingerprint density at radius 3 is 2.65 bits per heavy atom. The highest BCUT2D eigenvalue weighted by Crippen LogP contribution is 2.36. The van der Waals surface area contributed by atoms with Crippen molar-refractivity contribution in [2.24, 2.45) is 11.8 Å². The first-order valence-electron chi connectivity index (χ1n) is 7.24. The van der Waals surface area contributed by atoms with Crippen LogP contribution in [0.5, 0.6) is 0 Å². The number of hydrogen-bond acceptors (Lipinski definition) is 4. The Labute approximate surface area is 123 Å². The van der Waals surface area contributed by atoms with Crippen molar-refractivity contribution >= 4 is 21.6 Å². The average Bonchev–Trinajstić information content (AvgIpc) is 2.90. The molecular weight excluding hydrogens is 270 g/mol. The Bertz CT molecular complexity index is 564. The number of aliphatic hydroxyl groups is 1. The second-order valence-corrected chi connectivity index (χ2v) is 6.94. The second-order valence-electron chi connectivity index (χ2n) is 5.83. The fraction of sp³-hybridized carbons (Fsp3) is 0.562. The molecule has 1 fully saturated rings. The molecule has 20 heavy (non-hydrogen) atoms. The molecule has 1 aliphatic rings. The summed E-state index contributed by atoms with van der Waals surface area (Å²) in [4.78, 5) is 4.61. The van der Waals surface area contributed by atoms with Gasteiger partial charge >= 0.3 is 0 Å². The van der Waals surface area contributed by atoms with Crippen LogP contribution in [-0.2, 0) is 11.2 Å². The summed E-state index contributed by atoms with van der Waals surface area (Å²) in [7, 11) is 0. The van der Waals surface area contributed by atoms with Crippen molar-refractivity contribution in [1.29, 1.82) is 0 Å². The molecule has 3 rings (SSSR count). The first-order chi connectivity index (χ1) is 9.56. The molecular formula is C16H21NO2S. The third-order valence-corrected chi connectivity index (χ3v) is 5.54. The summed E-state index contributed by atoms with van der Waals surface area (Å²) in [5.74, 6) is 0.575. The van der Waals surface area contributed by atoms with E-state index in [0.29, 0.717) is 12.3 Å². The summed E-state index contributed by atoms with van der Waals surface area (Å²) < 4.78 is 7.01. The van der Waals surface area contributed by atoms with Gasteiger partial charge in [-0.1, -0.05) is 19.1 Å². The molecule has 5 atom stereocenters. The van der Waals surface area contributed by atoms with Gasteiger partial charge in [-0.2, -0.15) is 0 Å². The standard InChI is InChI=1S/C16H21NO2S/c1-9-10(2)19-11(3)16(9)13(18)8-15-17-12-6-4-5-7-14(12)20-15/h4-7,9-11,13,16,18H,8H2,1-3H3. The lowest BCUT2D eigenvalue weighted by atomic mass is 9.84. The van der Waals surface area contributed by atoms with Crippen molar-refractivity contribution in [3.63, 3.8) is 0 Å². The summed E-state index contributed by atoms with van der Waals surface area (Å²) in [5.41, 5.74) is 1.02. The Balaban J connectivity index is 1.76. The molecule has 0 amide bonds. The van der Waals surface area contributed by atoms with Crippen LogP contribution < -0.4 is 0 Å². The summed E-state index contributed by atoms with van der Waals surface area (Å²) >= 11 is 1.68. The maximum absolute atomic E-state index is 10.6. The van der Waals surface area contributed by atoms with Gasteiger partial charge in [0.15, 0.2) is 0 Å². The Kier molecular flexibility index (Phi) is 3.80. The molecule has 0 aliphatic carbocycles. The van der Waals surface area contributed by atoms with E-state index >= 15 is 0 Å². The van der Waals surface area contributed by atoms with Gasteiger partial charge in [0.05, 0.1) is 33.5 Å². The van der Waals surface area contributed by atoms with Crippen LogP contribution in [0.1, 0.15) is 25.8 Å². The number of hydrogen-bond donors (Lipinski definition) is 1. The predicted octanol–water partition coefficient (Wildman–Crippen LogP) is 3.26. The monoisotopic (exact) mass is 291 g/mol. The topological polar surface area (TPSA) is 42.4 Å². The predicted molar refractivity (Wildman–Crippen MR) is 82.0 cm³/mol. The lowest BCUT2D eigenvalue weighted by Gasteiger charge is -2.23. The maximum atomic E-state index is 10.6. The van der Waals surface area contributed by atoms with Gasteiger partial charge in [0.2, 0.25) is 0 Å². The van der Waals surface area contributed by atoms with E-state index < -0.39 is 0 Å². The Hall–Kier alpha value is -0.970. The van der Waals surface area contributed by atoms with E-state index in [1.165, 1.54) is 4.70 Å². The van der Waals surface area contributed by atoms with Crippen molar-refractivity contribution in [1.82, 2.24) is 4.98 Å². The molecule has 1 aliphatic heterocycles. The van der Waals surface area contributed by atoms with Gasteiger partial charge in [0.25, 0.3) is 0 Å². The number of para-hydroxylation sites is 1. The van der Waals surface area contributed by atoms with Gasteiger partial charge in [-0.15, -0.1) is 11.3 Å². The SMILES string of the molecule is CC1OC(C)C(C(O)Cc2nc3ccccc3s2)C1C. The molecule has 1 N–H and O–H groups in total. The number of fused-ring (bicyclic) bond motifs is 1. The number of rotatable bonds is 3. The summed E-state index contributed by atoms with van der Waals surface area (Å²) in [6, 6.07) is 8.12. The highest BCUT2D eigenvalue weighted by molar-refractivity contribution is 7.18. The molecule has 0 bridgehead atoms. The molecule has 0 spiro atoms. The minimum absolute atomic E-state index is 0.115. The molecule has 4 heteroatoms. The zero-order valence-electron chi connectivity index (χ0n) is 12.1. The van der Waals surface area contributed by atoms with E-state index in [-0.39, 0.29) is 24.2 Å². The Morgan fingerprint density at radius 1 is 1.25 bits per heavy atom. The van der Waals surface area contributed by atoms with Gasteiger partial charge in [-0.3, -0.25) is 0 Å². The molecule has 2 heterocycles. The highest BCUT2D eigenvalue weighted by Gasteiger charge is 2.41. The number of aliphatic hydroxyl groups excluding tert-OH is 1. The molecule has 0 saturated carbocycles.